The van der Waals surface area contributed by atoms with Crippen molar-refractivity contribution in [1.82, 2.24) is 29.7 Å². The number of H-pyrrole nitrogens is 2. The van der Waals surface area contributed by atoms with E-state index in [9.17, 15) is 4.79 Å². The molecule has 0 aromatic carbocycles. The first-order chi connectivity index (χ1) is 11.8. The number of fused-ring (bicyclic) bond motifs is 1. The number of nitrogens with zero attached hydrogens (tertiary/aromatic N) is 5. The normalized spacial score (nSPS) is 16.1. The van der Waals surface area contributed by atoms with Crippen molar-refractivity contribution in [2.24, 2.45) is 5.92 Å². The third-order valence-electron chi connectivity index (χ3n) is 4.87. The number of hydrogen-bond donors (Lipinski definition) is 2. The molecule has 3 aromatic heterocycles. The highest BCUT2D eigenvalue weighted by molar-refractivity contribution is 5.87. The van der Waals surface area contributed by atoms with Gasteiger partial charge in [0.25, 0.3) is 0 Å². The lowest BCUT2D eigenvalue weighted by Gasteiger charge is -2.32. The largest absolute Gasteiger partial charge is 0.356 e. The Morgan fingerprint density at radius 1 is 1.29 bits per heavy atom. The maximum absolute atomic E-state index is 11.7. The van der Waals surface area contributed by atoms with Gasteiger partial charge in [-0.3, -0.25) is 4.57 Å². The summed E-state index contributed by atoms with van der Waals surface area (Å²) < 4.78 is 1.72. The molecule has 1 aliphatic rings. The Bertz CT molecular complexity index is 885. The van der Waals surface area contributed by atoms with Crippen molar-refractivity contribution >= 4 is 16.9 Å². The lowest BCUT2D eigenvalue weighted by molar-refractivity contribution is 0.390. The summed E-state index contributed by atoms with van der Waals surface area (Å²) in [4.78, 5) is 25.9. The van der Waals surface area contributed by atoms with E-state index < -0.39 is 0 Å². The van der Waals surface area contributed by atoms with Gasteiger partial charge in [0.1, 0.15) is 23.6 Å². The SMILES string of the molecule is CCn1c(CC2CCN(c3ncnc4[nH]ccc34)CC2)n[nH]c1=O. The average Bonchev–Trinajstić information content (AvgIpc) is 3.22. The smallest absolute Gasteiger partial charge is 0.343 e. The van der Waals surface area contributed by atoms with Gasteiger partial charge >= 0.3 is 5.69 Å². The first kappa shape index (κ1) is 14.9. The first-order valence-electron chi connectivity index (χ1n) is 8.43. The summed E-state index contributed by atoms with van der Waals surface area (Å²) in [6.07, 6.45) is 6.51. The van der Waals surface area contributed by atoms with Crippen LogP contribution in [-0.2, 0) is 13.0 Å². The highest BCUT2D eigenvalue weighted by atomic mass is 16.1. The Labute approximate surface area is 138 Å². The Morgan fingerprint density at radius 3 is 2.92 bits per heavy atom. The van der Waals surface area contributed by atoms with E-state index in [1.54, 1.807) is 10.9 Å². The molecule has 0 saturated carbocycles. The minimum Gasteiger partial charge on any atom is -0.356 e. The van der Waals surface area contributed by atoms with E-state index >= 15 is 0 Å². The molecule has 4 heterocycles. The van der Waals surface area contributed by atoms with Gasteiger partial charge < -0.3 is 9.88 Å². The highest BCUT2D eigenvalue weighted by Gasteiger charge is 2.23. The molecule has 8 nitrogen and oxygen atoms in total. The predicted octanol–water partition coefficient (Wildman–Crippen LogP) is 1.32. The second-order valence-corrected chi connectivity index (χ2v) is 6.26. The Hall–Kier alpha value is -2.64. The van der Waals surface area contributed by atoms with Crippen LogP contribution in [-0.4, -0.2) is 42.8 Å². The van der Waals surface area contributed by atoms with Crippen molar-refractivity contribution in [3.8, 4) is 0 Å². The fraction of sp³-hybridized carbons (Fsp3) is 0.500. The molecule has 1 aliphatic heterocycles. The molecule has 0 amide bonds. The summed E-state index contributed by atoms with van der Waals surface area (Å²) >= 11 is 0. The standard InChI is InChI=1S/C16H21N7O/c1-2-23-13(20-21-16(23)24)9-11-4-7-22(8-5-11)15-12-3-6-17-14(12)18-10-19-15/h3,6,10-11H,2,4-5,7-9H2,1H3,(H,21,24)(H,17,18,19). The van der Waals surface area contributed by atoms with Crippen LogP contribution in [0.3, 0.4) is 0 Å². The zero-order valence-electron chi connectivity index (χ0n) is 13.7. The summed E-state index contributed by atoms with van der Waals surface area (Å²) in [7, 11) is 0. The predicted molar refractivity (Wildman–Crippen MR) is 91.1 cm³/mol. The van der Waals surface area contributed by atoms with Gasteiger partial charge in [0.05, 0.1) is 5.39 Å². The van der Waals surface area contributed by atoms with Gasteiger partial charge in [-0.1, -0.05) is 0 Å². The van der Waals surface area contributed by atoms with Gasteiger partial charge in [-0.15, -0.1) is 0 Å². The number of aromatic nitrogens is 6. The fourth-order valence-electron chi connectivity index (χ4n) is 3.55. The van der Waals surface area contributed by atoms with Crippen molar-refractivity contribution in [2.45, 2.75) is 32.7 Å². The second-order valence-electron chi connectivity index (χ2n) is 6.26. The third-order valence-corrected chi connectivity index (χ3v) is 4.87. The third kappa shape index (κ3) is 2.57. The van der Waals surface area contributed by atoms with Gasteiger partial charge in [-0.2, -0.15) is 5.10 Å². The number of aromatic amines is 2. The fourth-order valence-corrected chi connectivity index (χ4v) is 3.55. The van der Waals surface area contributed by atoms with E-state index in [2.05, 4.69) is 30.0 Å². The molecule has 0 unspecified atom stereocenters. The van der Waals surface area contributed by atoms with Gasteiger partial charge in [0.15, 0.2) is 0 Å². The molecule has 2 N–H and O–H groups in total. The first-order valence-corrected chi connectivity index (χ1v) is 8.43. The summed E-state index contributed by atoms with van der Waals surface area (Å²) in [6, 6.07) is 2.03. The molecule has 0 atom stereocenters. The quantitative estimate of drug-likeness (QED) is 0.753. The van der Waals surface area contributed by atoms with Crippen molar-refractivity contribution in [2.75, 3.05) is 18.0 Å². The molecule has 1 fully saturated rings. The monoisotopic (exact) mass is 327 g/mol. The summed E-state index contributed by atoms with van der Waals surface area (Å²) in [6.45, 7) is 4.56. The average molecular weight is 327 g/mol. The lowest BCUT2D eigenvalue weighted by Crippen LogP contribution is -2.35. The summed E-state index contributed by atoms with van der Waals surface area (Å²) in [5.74, 6) is 2.42. The molecule has 0 bridgehead atoms. The number of hydrogen-bond acceptors (Lipinski definition) is 5. The van der Waals surface area contributed by atoms with E-state index in [1.807, 2.05) is 19.2 Å². The molecule has 0 radical (unpaired) electrons. The highest BCUT2D eigenvalue weighted by Crippen LogP contribution is 2.28. The molecule has 8 heteroatoms. The zero-order chi connectivity index (χ0) is 16.5. The molecule has 0 spiro atoms. The lowest BCUT2D eigenvalue weighted by atomic mass is 9.93. The zero-order valence-corrected chi connectivity index (χ0v) is 13.7. The Kier molecular flexibility index (Phi) is 3.79. The molecule has 126 valence electrons. The Balaban J connectivity index is 1.45. The number of anilines is 1. The number of rotatable bonds is 4. The summed E-state index contributed by atoms with van der Waals surface area (Å²) in [5, 5.41) is 7.81. The molecule has 3 aromatic rings. The topological polar surface area (TPSA) is 95.5 Å². The van der Waals surface area contributed by atoms with Crippen molar-refractivity contribution in [3.63, 3.8) is 0 Å². The molecule has 24 heavy (non-hydrogen) atoms. The summed E-state index contributed by atoms with van der Waals surface area (Å²) in [5.41, 5.74) is 0.770. The maximum atomic E-state index is 11.7. The van der Waals surface area contributed by atoms with Crippen LogP contribution in [0.15, 0.2) is 23.4 Å². The van der Waals surface area contributed by atoms with Crippen LogP contribution in [0.25, 0.3) is 11.0 Å². The van der Waals surface area contributed by atoms with Crippen LogP contribution < -0.4 is 10.6 Å². The maximum Gasteiger partial charge on any atom is 0.343 e. The van der Waals surface area contributed by atoms with Crippen molar-refractivity contribution in [1.29, 1.82) is 0 Å². The van der Waals surface area contributed by atoms with Crippen LogP contribution in [0.1, 0.15) is 25.6 Å². The molecule has 4 rings (SSSR count). The van der Waals surface area contributed by atoms with Gasteiger partial charge in [0.2, 0.25) is 0 Å². The van der Waals surface area contributed by atoms with Crippen LogP contribution in [0.5, 0.6) is 0 Å². The molecular weight excluding hydrogens is 306 g/mol. The van der Waals surface area contributed by atoms with Gasteiger partial charge in [-0.05, 0) is 31.7 Å². The molecule has 0 aliphatic carbocycles. The van der Waals surface area contributed by atoms with Crippen molar-refractivity contribution in [3.05, 3.63) is 34.9 Å². The van der Waals surface area contributed by atoms with Crippen LogP contribution in [0, 0.1) is 5.92 Å². The van der Waals surface area contributed by atoms with Gasteiger partial charge in [-0.25, -0.2) is 19.9 Å². The van der Waals surface area contributed by atoms with E-state index in [4.69, 9.17) is 0 Å². The van der Waals surface area contributed by atoms with Gasteiger partial charge in [0, 0.05) is 32.3 Å². The van der Waals surface area contributed by atoms with E-state index in [-0.39, 0.29) is 5.69 Å². The molecular formula is C16H21N7O. The number of piperidine rings is 1. The molecule has 1 saturated heterocycles. The minimum absolute atomic E-state index is 0.110. The Morgan fingerprint density at radius 2 is 2.12 bits per heavy atom. The van der Waals surface area contributed by atoms with E-state index in [0.717, 1.165) is 55.0 Å². The minimum atomic E-state index is -0.110. The number of nitrogens with one attached hydrogen (secondary N) is 2. The van der Waals surface area contributed by atoms with Crippen LogP contribution in [0.2, 0.25) is 0 Å². The second kappa shape index (κ2) is 6.10. The van der Waals surface area contributed by atoms with E-state index in [0.29, 0.717) is 12.5 Å². The van der Waals surface area contributed by atoms with Crippen LogP contribution >= 0.6 is 0 Å². The van der Waals surface area contributed by atoms with E-state index in [1.165, 1.54) is 0 Å². The van der Waals surface area contributed by atoms with Crippen LogP contribution in [0.4, 0.5) is 5.82 Å². The van der Waals surface area contributed by atoms with Crippen molar-refractivity contribution < 1.29 is 0 Å².